The summed E-state index contributed by atoms with van der Waals surface area (Å²) < 4.78 is 4.98. The van der Waals surface area contributed by atoms with Crippen LogP contribution in [0.1, 0.15) is 37.7 Å². The molecule has 0 unspecified atom stereocenters. The first-order valence-electron chi connectivity index (χ1n) is 7.43. The van der Waals surface area contributed by atoms with E-state index in [1.807, 2.05) is 18.2 Å². The molecule has 1 fully saturated rings. The van der Waals surface area contributed by atoms with Gasteiger partial charge in [0.2, 0.25) is 0 Å². The van der Waals surface area contributed by atoms with E-state index in [1.165, 1.54) is 0 Å². The van der Waals surface area contributed by atoms with Gasteiger partial charge in [0.15, 0.2) is 6.61 Å². The summed E-state index contributed by atoms with van der Waals surface area (Å²) in [6, 6.07) is 7.65. The third-order valence-corrected chi connectivity index (χ3v) is 3.65. The van der Waals surface area contributed by atoms with Gasteiger partial charge in [-0.1, -0.05) is 25.0 Å². The van der Waals surface area contributed by atoms with Crippen LogP contribution in [-0.4, -0.2) is 24.5 Å². The Morgan fingerprint density at radius 2 is 2.05 bits per heavy atom. The lowest BCUT2D eigenvalue weighted by Crippen LogP contribution is -2.35. The second kappa shape index (κ2) is 7.67. The minimum absolute atomic E-state index is 0.188. The molecule has 0 aromatic heterocycles. The van der Waals surface area contributed by atoms with E-state index in [9.17, 15) is 9.59 Å². The van der Waals surface area contributed by atoms with E-state index in [0.29, 0.717) is 12.1 Å². The molecule has 21 heavy (non-hydrogen) atoms. The summed E-state index contributed by atoms with van der Waals surface area (Å²) >= 11 is 0. The Kier molecular flexibility index (Phi) is 5.60. The number of amides is 1. The van der Waals surface area contributed by atoms with Gasteiger partial charge >= 0.3 is 5.97 Å². The molecular formula is C16H22N2O3. The van der Waals surface area contributed by atoms with E-state index in [1.54, 1.807) is 6.07 Å². The molecule has 1 aromatic rings. The molecule has 2 rings (SSSR count). The number of hydrogen-bond acceptors (Lipinski definition) is 4. The Bertz CT molecular complexity index is 496. The standard InChI is InChI=1S/C16H22N2O3/c17-13-5-3-4-12(10-13)8-9-16(20)21-11-15(19)18-14-6-1-2-7-14/h3-5,10,14H,1-2,6-9,11,17H2,(H,18,19). The number of carbonyl (C=O) groups excluding carboxylic acids is 2. The van der Waals surface area contributed by atoms with Crippen molar-refractivity contribution in [3.8, 4) is 0 Å². The Morgan fingerprint density at radius 1 is 1.29 bits per heavy atom. The molecule has 0 radical (unpaired) electrons. The molecule has 0 aliphatic heterocycles. The first kappa shape index (κ1) is 15.4. The largest absolute Gasteiger partial charge is 0.456 e. The maximum Gasteiger partial charge on any atom is 0.306 e. The summed E-state index contributed by atoms with van der Waals surface area (Å²) in [5.41, 5.74) is 7.34. The normalized spacial score (nSPS) is 14.9. The van der Waals surface area contributed by atoms with E-state index in [-0.39, 0.29) is 30.9 Å². The van der Waals surface area contributed by atoms with Crippen molar-refractivity contribution in [1.29, 1.82) is 0 Å². The minimum Gasteiger partial charge on any atom is -0.456 e. The first-order valence-corrected chi connectivity index (χ1v) is 7.43. The maximum absolute atomic E-state index is 11.6. The average molecular weight is 290 g/mol. The van der Waals surface area contributed by atoms with Gasteiger partial charge in [0.1, 0.15) is 0 Å². The summed E-state index contributed by atoms with van der Waals surface area (Å²) in [6.07, 6.45) is 5.17. The van der Waals surface area contributed by atoms with Gasteiger partial charge in [-0.3, -0.25) is 9.59 Å². The molecule has 1 aromatic carbocycles. The molecule has 0 atom stereocenters. The number of carbonyl (C=O) groups is 2. The van der Waals surface area contributed by atoms with Crippen molar-refractivity contribution in [2.24, 2.45) is 0 Å². The molecule has 0 heterocycles. The summed E-state index contributed by atoms with van der Waals surface area (Å²) in [5, 5.41) is 2.88. The van der Waals surface area contributed by atoms with Gasteiger partial charge in [0, 0.05) is 18.2 Å². The lowest BCUT2D eigenvalue weighted by Gasteiger charge is -2.11. The van der Waals surface area contributed by atoms with Crippen LogP contribution in [0.15, 0.2) is 24.3 Å². The van der Waals surface area contributed by atoms with Gasteiger partial charge in [-0.05, 0) is 37.0 Å². The highest BCUT2D eigenvalue weighted by atomic mass is 16.5. The molecule has 0 bridgehead atoms. The number of nitrogens with two attached hydrogens (primary N) is 1. The van der Waals surface area contributed by atoms with Gasteiger partial charge in [-0.2, -0.15) is 0 Å². The number of rotatable bonds is 6. The van der Waals surface area contributed by atoms with Crippen LogP contribution in [0.2, 0.25) is 0 Å². The van der Waals surface area contributed by atoms with E-state index >= 15 is 0 Å². The fraction of sp³-hybridized carbons (Fsp3) is 0.500. The van der Waals surface area contributed by atoms with Crippen LogP contribution >= 0.6 is 0 Å². The number of hydrogen-bond donors (Lipinski definition) is 2. The van der Waals surface area contributed by atoms with Crippen molar-refractivity contribution < 1.29 is 14.3 Å². The molecule has 0 spiro atoms. The average Bonchev–Trinajstić information content (AvgIpc) is 2.96. The molecule has 114 valence electrons. The highest BCUT2D eigenvalue weighted by molar-refractivity contribution is 5.80. The Hall–Kier alpha value is -2.04. The Morgan fingerprint density at radius 3 is 2.76 bits per heavy atom. The molecule has 3 N–H and O–H groups in total. The van der Waals surface area contributed by atoms with Gasteiger partial charge in [0.25, 0.3) is 5.91 Å². The first-order chi connectivity index (χ1) is 10.1. The van der Waals surface area contributed by atoms with Crippen molar-refractivity contribution >= 4 is 17.6 Å². The van der Waals surface area contributed by atoms with Crippen LogP contribution in [0.3, 0.4) is 0 Å². The van der Waals surface area contributed by atoms with Gasteiger partial charge in [-0.25, -0.2) is 0 Å². The number of esters is 1. The highest BCUT2D eigenvalue weighted by Gasteiger charge is 2.17. The molecule has 1 aliphatic carbocycles. The van der Waals surface area contributed by atoms with E-state index in [2.05, 4.69) is 5.32 Å². The fourth-order valence-corrected chi connectivity index (χ4v) is 2.55. The molecule has 1 saturated carbocycles. The van der Waals surface area contributed by atoms with E-state index in [4.69, 9.17) is 10.5 Å². The maximum atomic E-state index is 11.6. The topological polar surface area (TPSA) is 81.4 Å². The van der Waals surface area contributed by atoms with Crippen molar-refractivity contribution in [3.05, 3.63) is 29.8 Å². The summed E-state index contributed by atoms with van der Waals surface area (Å²) in [4.78, 5) is 23.2. The molecule has 0 saturated heterocycles. The SMILES string of the molecule is Nc1cccc(CCC(=O)OCC(=O)NC2CCCC2)c1. The fourth-order valence-electron chi connectivity index (χ4n) is 2.55. The molecule has 5 heteroatoms. The van der Waals surface area contributed by atoms with Crippen LogP contribution in [0, 0.1) is 0 Å². The third-order valence-electron chi connectivity index (χ3n) is 3.65. The van der Waals surface area contributed by atoms with Gasteiger partial charge in [-0.15, -0.1) is 0 Å². The van der Waals surface area contributed by atoms with E-state index < -0.39 is 0 Å². The van der Waals surface area contributed by atoms with Crippen molar-refractivity contribution in [3.63, 3.8) is 0 Å². The smallest absolute Gasteiger partial charge is 0.306 e. The predicted octanol–water partition coefficient (Wildman–Crippen LogP) is 1.80. The number of benzene rings is 1. The van der Waals surface area contributed by atoms with Crippen LogP contribution in [0.25, 0.3) is 0 Å². The zero-order valence-corrected chi connectivity index (χ0v) is 12.1. The van der Waals surface area contributed by atoms with Crippen molar-refractivity contribution in [1.82, 2.24) is 5.32 Å². The number of ether oxygens (including phenoxy) is 1. The van der Waals surface area contributed by atoms with Crippen molar-refractivity contribution in [2.45, 2.75) is 44.6 Å². The van der Waals surface area contributed by atoms with Crippen LogP contribution in [-0.2, 0) is 20.7 Å². The summed E-state index contributed by atoms with van der Waals surface area (Å²) in [7, 11) is 0. The molecule has 1 aliphatic rings. The number of aryl methyl sites for hydroxylation is 1. The minimum atomic E-state index is -0.362. The number of nitrogen functional groups attached to an aromatic ring is 1. The monoisotopic (exact) mass is 290 g/mol. The van der Waals surface area contributed by atoms with Crippen LogP contribution < -0.4 is 11.1 Å². The zero-order valence-electron chi connectivity index (χ0n) is 12.1. The van der Waals surface area contributed by atoms with E-state index in [0.717, 1.165) is 31.2 Å². The summed E-state index contributed by atoms with van der Waals surface area (Å²) in [5.74, 6) is -0.571. The lowest BCUT2D eigenvalue weighted by atomic mass is 10.1. The molecule has 5 nitrogen and oxygen atoms in total. The van der Waals surface area contributed by atoms with Gasteiger partial charge in [0.05, 0.1) is 0 Å². The number of nitrogens with one attached hydrogen (secondary N) is 1. The third kappa shape index (κ3) is 5.45. The number of anilines is 1. The zero-order chi connectivity index (χ0) is 15.1. The summed E-state index contributed by atoms with van der Waals surface area (Å²) in [6.45, 7) is -0.188. The van der Waals surface area contributed by atoms with Crippen LogP contribution in [0.4, 0.5) is 5.69 Å². The Balaban J connectivity index is 1.64. The van der Waals surface area contributed by atoms with Gasteiger partial charge < -0.3 is 15.8 Å². The van der Waals surface area contributed by atoms with Crippen LogP contribution in [0.5, 0.6) is 0 Å². The molecule has 1 amide bonds. The second-order valence-corrected chi connectivity index (χ2v) is 5.45. The van der Waals surface area contributed by atoms with Crippen molar-refractivity contribution in [2.75, 3.05) is 12.3 Å². The predicted molar refractivity (Wildman–Crippen MR) is 80.5 cm³/mol. The molecular weight excluding hydrogens is 268 g/mol. The quantitative estimate of drug-likeness (QED) is 0.618. The second-order valence-electron chi connectivity index (χ2n) is 5.45. The lowest BCUT2D eigenvalue weighted by molar-refractivity contribution is -0.148. The highest BCUT2D eigenvalue weighted by Crippen LogP contribution is 2.17. The Labute approximate surface area is 124 Å².